The Kier molecular flexibility index (Phi) is 11.2. The van der Waals surface area contributed by atoms with Crippen LogP contribution in [0.1, 0.15) is 101 Å². The number of anilines is 2. The van der Waals surface area contributed by atoms with Crippen molar-refractivity contribution in [1.82, 2.24) is 34.9 Å². The normalized spacial score (nSPS) is 23.3. The summed E-state index contributed by atoms with van der Waals surface area (Å²) in [5.74, 6) is -2.13. The lowest BCUT2D eigenvalue weighted by Gasteiger charge is -2.36. The lowest BCUT2D eigenvalue weighted by molar-refractivity contribution is -0.141. The van der Waals surface area contributed by atoms with E-state index >= 15 is 0 Å². The van der Waals surface area contributed by atoms with Gasteiger partial charge in [0.1, 0.15) is 28.8 Å². The number of pyridine rings is 2. The predicted octanol–water partition coefficient (Wildman–Crippen LogP) is 5.21. The van der Waals surface area contributed by atoms with Gasteiger partial charge >= 0.3 is 6.18 Å². The number of aromatic nitrogens is 4. The maximum atomic E-state index is 13.4. The van der Waals surface area contributed by atoms with Crippen molar-refractivity contribution in [3.8, 4) is 0 Å². The summed E-state index contributed by atoms with van der Waals surface area (Å²) in [6.07, 6.45) is 5.56. The molecular weight excluding hydrogens is 772 g/mol. The molecule has 310 valence electrons. The van der Waals surface area contributed by atoms with E-state index in [0.29, 0.717) is 23.7 Å². The number of nitrogens with one attached hydrogen (secondary N) is 3. The van der Waals surface area contributed by atoms with Gasteiger partial charge in [0.2, 0.25) is 11.8 Å². The van der Waals surface area contributed by atoms with Crippen LogP contribution < -0.4 is 16.0 Å². The van der Waals surface area contributed by atoms with E-state index in [9.17, 15) is 37.1 Å². The number of piperidine rings is 1. The van der Waals surface area contributed by atoms with Crippen molar-refractivity contribution in [2.45, 2.75) is 88.2 Å². The third-order valence-electron chi connectivity index (χ3n) is 11.6. The Hall–Kier alpha value is -5.75. The van der Waals surface area contributed by atoms with Gasteiger partial charge in [-0.3, -0.25) is 38.9 Å². The molecule has 0 spiro atoms. The Morgan fingerprint density at radius 1 is 1.02 bits per heavy atom. The van der Waals surface area contributed by atoms with E-state index in [2.05, 4.69) is 37.9 Å². The van der Waals surface area contributed by atoms with Gasteiger partial charge in [-0.05, 0) is 94.7 Å². The molecule has 2 saturated carbocycles. The molecule has 5 heterocycles. The molecular formula is C41H44F3N9O6. The van der Waals surface area contributed by atoms with Crippen molar-refractivity contribution < 1.29 is 41.9 Å². The molecule has 3 aromatic heterocycles. The first-order valence-electron chi connectivity index (χ1n) is 19.9. The van der Waals surface area contributed by atoms with E-state index in [1.807, 2.05) is 10.9 Å². The van der Waals surface area contributed by atoms with Gasteiger partial charge in [0.05, 0.1) is 29.5 Å². The first kappa shape index (κ1) is 40.0. The molecule has 2 aliphatic carbocycles. The molecule has 5 amide bonds. The average Bonchev–Trinajstić information content (AvgIpc) is 3.73. The minimum atomic E-state index is -4.66. The van der Waals surface area contributed by atoms with Gasteiger partial charge < -0.3 is 20.3 Å². The second-order valence-electron chi connectivity index (χ2n) is 15.9. The van der Waals surface area contributed by atoms with Crippen molar-refractivity contribution in [2.24, 2.45) is 5.92 Å². The van der Waals surface area contributed by atoms with Gasteiger partial charge in [-0.1, -0.05) is 12.1 Å². The standard InChI is InChI=1S/C41H44F3N9O6/c1-51(15-4-16-59-27-18-25(19-27)46-29-6-2-5-28-36(29)40(58)53(39(28)57)32-13-14-35(54)49-38(32)56)21-23-9-11-26(12-10-23)52-22-24-17-34(45-20-31(24)50-52)48-37(55)30-7-3-8-33(47-30)41(42,43)44/h2-3,5-8,17,20,22-23,25-27,32,46H,4,9-16,18-19,21H2,1H3,(H,48,55)(H,49,54,56). The molecule has 3 N–H and O–H groups in total. The third-order valence-corrected chi connectivity index (χ3v) is 11.6. The van der Waals surface area contributed by atoms with Crippen LogP contribution in [0, 0.1) is 5.92 Å². The van der Waals surface area contributed by atoms with Gasteiger partial charge in [0.25, 0.3) is 17.7 Å². The Morgan fingerprint density at radius 2 is 1.80 bits per heavy atom. The van der Waals surface area contributed by atoms with E-state index in [4.69, 9.17) is 9.84 Å². The summed E-state index contributed by atoms with van der Waals surface area (Å²) in [7, 11) is 2.13. The molecule has 4 aromatic rings. The van der Waals surface area contributed by atoms with Crippen molar-refractivity contribution >= 4 is 51.9 Å². The molecule has 4 aliphatic rings. The Labute approximate surface area is 337 Å². The number of carbonyl (C=O) groups excluding carboxylic acids is 5. The lowest BCUT2D eigenvalue weighted by Crippen LogP contribution is -2.54. The van der Waals surface area contributed by atoms with Gasteiger partial charge in [0.15, 0.2) is 0 Å². The fraction of sp³-hybridized carbons (Fsp3) is 0.463. The smallest absolute Gasteiger partial charge is 0.381 e. The molecule has 15 nitrogen and oxygen atoms in total. The summed E-state index contributed by atoms with van der Waals surface area (Å²) in [6, 6.07) is 9.19. The van der Waals surface area contributed by atoms with Crippen LogP contribution in [-0.2, 0) is 20.5 Å². The molecule has 18 heteroatoms. The van der Waals surface area contributed by atoms with Gasteiger partial charge in [0, 0.05) is 49.4 Å². The van der Waals surface area contributed by atoms with Crippen LogP contribution in [-0.4, -0.2) is 104 Å². The maximum absolute atomic E-state index is 13.4. The maximum Gasteiger partial charge on any atom is 0.433 e. The summed E-state index contributed by atoms with van der Waals surface area (Å²) in [5, 5.41) is 13.6. The number of fused-ring (bicyclic) bond motifs is 2. The van der Waals surface area contributed by atoms with Crippen molar-refractivity contribution in [3.63, 3.8) is 0 Å². The molecule has 2 aliphatic heterocycles. The van der Waals surface area contributed by atoms with Gasteiger partial charge in [-0.15, -0.1) is 0 Å². The highest BCUT2D eigenvalue weighted by atomic mass is 19.4. The van der Waals surface area contributed by atoms with Crippen LogP contribution in [0.2, 0.25) is 0 Å². The molecule has 8 rings (SSSR count). The van der Waals surface area contributed by atoms with E-state index < -0.39 is 47.4 Å². The van der Waals surface area contributed by atoms with Gasteiger partial charge in [-0.2, -0.15) is 18.3 Å². The third kappa shape index (κ3) is 8.69. The van der Waals surface area contributed by atoms with E-state index in [1.54, 1.807) is 24.3 Å². The molecule has 0 bridgehead atoms. The van der Waals surface area contributed by atoms with Crippen molar-refractivity contribution in [2.75, 3.05) is 37.4 Å². The fourth-order valence-corrected chi connectivity index (χ4v) is 8.48. The average molecular weight is 816 g/mol. The summed E-state index contributed by atoms with van der Waals surface area (Å²) in [5.41, 5.74) is 0.226. The quantitative estimate of drug-likeness (QED) is 0.119. The molecule has 1 atom stereocenters. The summed E-state index contributed by atoms with van der Waals surface area (Å²) >= 11 is 0. The summed E-state index contributed by atoms with van der Waals surface area (Å²) in [4.78, 5) is 74.2. The van der Waals surface area contributed by atoms with E-state index in [-0.39, 0.29) is 53.7 Å². The number of alkyl halides is 3. The number of hydrogen-bond acceptors (Lipinski definition) is 11. The van der Waals surface area contributed by atoms with Crippen LogP contribution in [0.3, 0.4) is 0 Å². The highest BCUT2D eigenvalue weighted by molar-refractivity contribution is 6.25. The zero-order valence-electron chi connectivity index (χ0n) is 32.3. The highest BCUT2D eigenvalue weighted by Crippen LogP contribution is 2.36. The van der Waals surface area contributed by atoms with Crippen LogP contribution in [0.5, 0.6) is 0 Å². The van der Waals surface area contributed by atoms with E-state index in [1.165, 1.54) is 12.3 Å². The number of amides is 5. The summed E-state index contributed by atoms with van der Waals surface area (Å²) in [6.45, 7) is 2.53. The fourth-order valence-electron chi connectivity index (χ4n) is 8.48. The summed E-state index contributed by atoms with van der Waals surface area (Å²) < 4.78 is 47.2. The van der Waals surface area contributed by atoms with Crippen LogP contribution in [0.25, 0.3) is 10.9 Å². The predicted molar refractivity (Wildman–Crippen MR) is 207 cm³/mol. The molecule has 1 aromatic carbocycles. The largest absolute Gasteiger partial charge is 0.433 e. The Balaban J connectivity index is 0.733. The molecule has 3 fully saturated rings. The number of halogens is 3. The number of carbonyl (C=O) groups is 5. The number of hydrogen-bond donors (Lipinski definition) is 3. The Bertz CT molecular complexity index is 2290. The Morgan fingerprint density at radius 3 is 2.56 bits per heavy atom. The van der Waals surface area contributed by atoms with Crippen LogP contribution in [0.15, 0.2) is 54.9 Å². The molecule has 59 heavy (non-hydrogen) atoms. The minimum Gasteiger partial charge on any atom is -0.381 e. The van der Waals surface area contributed by atoms with Crippen molar-refractivity contribution in [3.05, 3.63) is 77.4 Å². The first-order valence-corrected chi connectivity index (χ1v) is 19.9. The zero-order chi connectivity index (χ0) is 41.4. The lowest BCUT2D eigenvalue weighted by atomic mass is 9.86. The number of nitrogens with zero attached hydrogens (tertiary/aromatic N) is 6. The number of benzene rings is 1. The topological polar surface area (TPSA) is 181 Å². The van der Waals surface area contributed by atoms with Gasteiger partial charge in [-0.25, -0.2) is 9.97 Å². The SMILES string of the molecule is CN(CCCOC1CC(Nc2cccc3c2C(=O)N(C2CCC(=O)NC2=O)C3=O)C1)CC1CCC(n2cc3cc(NC(=O)c4cccc(C(F)(F)F)n4)ncc3n2)CC1. The minimum absolute atomic E-state index is 0.0679. The molecule has 0 radical (unpaired) electrons. The number of rotatable bonds is 13. The zero-order valence-corrected chi connectivity index (χ0v) is 32.3. The second-order valence-corrected chi connectivity index (χ2v) is 15.9. The van der Waals surface area contributed by atoms with Crippen LogP contribution in [0.4, 0.5) is 24.7 Å². The first-order chi connectivity index (χ1) is 28.3. The second kappa shape index (κ2) is 16.5. The van der Waals surface area contributed by atoms with Crippen molar-refractivity contribution in [1.29, 1.82) is 0 Å². The molecule has 1 unspecified atom stereocenters. The van der Waals surface area contributed by atoms with E-state index in [0.717, 1.165) is 80.5 Å². The monoisotopic (exact) mass is 815 g/mol. The molecule has 1 saturated heterocycles. The number of ether oxygens (including phenoxy) is 1. The van der Waals surface area contributed by atoms with Crippen LogP contribution >= 0.6 is 0 Å². The highest BCUT2D eigenvalue weighted by Gasteiger charge is 2.46. The number of imide groups is 2.